The number of nitrogens with zero attached hydrogens (tertiary/aromatic N) is 2. The second kappa shape index (κ2) is 5.95. The molecular formula is C17H22N4O2. The molecule has 0 saturated heterocycles. The lowest BCUT2D eigenvalue weighted by atomic mass is 10.1. The average molecular weight is 314 g/mol. The normalized spacial score (nSPS) is 16.4. The zero-order chi connectivity index (χ0) is 16.6. The second-order valence-corrected chi connectivity index (χ2v) is 6.24. The molecule has 0 spiro atoms. The summed E-state index contributed by atoms with van der Waals surface area (Å²) in [4.78, 5) is 12.2. The number of benzene rings is 1. The fourth-order valence-corrected chi connectivity index (χ4v) is 3.17. The van der Waals surface area contributed by atoms with Crippen molar-refractivity contribution in [1.82, 2.24) is 15.1 Å². The topological polar surface area (TPSA) is 79.2 Å². The highest BCUT2D eigenvalue weighted by atomic mass is 16.3. The monoisotopic (exact) mass is 314 g/mol. The van der Waals surface area contributed by atoms with Crippen molar-refractivity contribution in [2.75, 3.05) is 5.32 Å². The van der Waals surface area contributed by atoms with Gasteiger partial charge in [-0.15, -0.1) is 0 Å². The van der Waals surface area contributed by atoms with E-state index in [0.717, 1.165) is 29.7 Å². The summed E-state index contributed by atoms with van der Waals surface area (Å²) in [6.07, 6.45) is 1.56. The molecule has 3 N–H and O–H groups in total. The van der Waals surface area contributed by atoms with Gasteiger partial charge in [0.1, 0.15) is 5.75 Å². The number of rotatable bonds is 3. The zero-order valence-electron chi connectivity index (χ0n) is 13.6. The minimum Gasteiger partial charge on any atom is -0.508 e. The Morgan fingerprint density at radius 2 is 2.22 bits per heavy atom. The van der Waals surface area contributed by atoms with Crippen molar-refractivity contribution in [3.63, 3.8) is 0 Å². The maximum atomic E-state index is 12.2. The summed E-state index contributed by atoms with van der Waals surface area (Å²) < 4.78 is 1.87. The van der Waals surface area contributed by atoms with Crippen LogP contribution in [0.25, 0.3) is 0 Å². The van der Waals surface area contributed by atoms with Crippen LogP contribution in [0.15, 0.2) is 24.3 Å². The number of carbonyl (C=O) groups excluding carboxylic acids is 1. The molecular weight excluding hydrogens is 292 g/mol. The van der Waals surface area contributed by atoms with Crippen molar-refractivity contribution in [2.45, 2.75) is 45.7 Å². The summed E-state index contributed by atoms with van der Waals surface area (Å²) in [6.45, 7) is 6.06. The van der Waals surface area contributed by atoms with Gasteiger partial charge in [-0.25, -0.2) is 4.79 Å². The van der Waals surface area contributed by atoms with E-state index in [0.29, 0.717) is 11.6 Å². The minimum atomic E-state index is -0.278. The third kappa shape index (κ3) is 3.02. The summed E-state index contributed by atoms with van der Waals surface area (Å²) in [7, 11) is 0. The van der Waals surface area contributed by atoms with Gasteiger partial charge in [0.2, 0.25) is 0 Å². The number of hydrogen-bond donors (Lipinski definition) is 3. The number of amides is 2. The summed E-state index contributed by atoms with van der Waals surface area (Å²) in [5.74, 6) is 0.848. The molecule has 1 aromatic heterocycles. The van der Waals surface area contributed by atoms with Crippen LogP contribution in [-0.2, 0) is 6.42 Å². The number of phenols is 1. The molecule has 1 atom stereocenters. The van der Waals surface area contributed by atoms with Crippen LogP contribution >= 0.6 is 0 Å². The van der Waals surface area contributed by atoms with Crippen molar-refractivity contribution >= 4 is 11.8 Å². The van der Waals surface area contributed by atoms with E-state index in [-0.39, 0.29) is 18.1 Å². The Morgan fingerprint density at radius 3 is 2.91 bits per heavy atom. The number of anilines is 1. The van der Waals surface area contributed by atoms with Crippen LogP contribution < -0.4 is 10.6 Å². The smallest absolute Gasteiger partial charge is 0.320 e. The molecule has 2 aromatic rings. The number of fused-ring (bicyclic) bond motifs is 1. The van der Waals surface area contributed by atoms with Gasteiger partial charge in [0.25, 0.3) is 0 Å². The van der Waals surface area contributed by atoms with Gasteiger partial charge in [0.05, 0.1) is 6.04 Å². The third-order valence-electron chi connectivity index (χ3n) is 4.20. The van der Waals surface area contributed by atoms with Crippen molar-refractivity contribution in [2.24, 2.45) is 0 Å². The minimum absolute atomic E-state index is 0.0784. The molecule has 1 aliphatic rings. The van der Waals surface area contributed by atoms with E-state index < -0.39 is 0 Å². The lowest BCUT2D eigenvalue weighted by molar-refractivity contribution is 0.248. The zero-order valence-corrected chi connectivity index (χ0v) is 13.6. The molecule has 23 heavy (non-hydrogen) atoms. The summed E-state index contributed by atoms with van der Waals surface area (Å²) >= 11 is 0. The van der Waals surface area contributed by atoms with Gasteiger partial charge < -0.3 is 10.4 Å². The summed E-state index contributed by atoms with van der Waals surface area (Å²) in [5, 5.41) is 20.0. The van der Waals surface area contributed by atoms with Gasteiger partial charge in [0, 0.05) is 17.8 Å². The molecule has 1 aromatic carbocycles. The molecule has 1 unspecified atom stereocenters. The van der Waals surface area contributed by atoms with Gasteiger partial charge in [-0.2, -0.15) is 5.10 Å². The van der Waals surface area contributed by atoms with Crippen molar-refractivity contribution < 1.29 is 9.90 Å². The van der Waals surface area contributed by atoms with Crippen LogP contribution in [0.1, 0.15) is 49.2 Å². The molecule has 0 saturated carbocycles. The van der Waals surface area contributed by atoms with Crippen molar-refractivity contribution in [1.29, 1.82) is 0 Å². The highest BCUT2D eigenvalue weighted by Gasteiger charge is 2.26. The molecule has 6 heteroatoms. The van der Waals surface area contributed by atoms with E-state index >= 15 is 0 Å². The predicted octanol–water partition coefficient (Wildman–Crippen LogP) is 3.29. The Bertz CT molecular complexity index is 736. The van der Waals surface area contributed by atoms with Crippen LogP contribution in [-0.4, -0.2) is 20.9 Å². The number of nitrogens with one attached hydrogen (secondary N) is 2. The average Bonchev–Trinajstić information content (AvgIpc) is 3.04. The van der Waals surface area contributed by atoms with Crippen LogP contribution in [0.2, 0.25) is 0 Å². The van der Waals surface area contributed by atoms with E-state index in [1.54, 1.807) is 12.1 Å². The molecule has 122 valence electrons. The Labute approximate surface area is 135 Å². The first-order chi connectivity index (χ1) is 11.0. The molecule has 3 rings (SSSR count). The van der Waals surface area contributed by atoms with Gasteiger partial charge in [-0.1, -0.05) is 12.1 Å². The van der Waals surface area contributed by atoms with Gasteiger partial charge in [-0.05, 0) is 50.8 Å². The van der Waals surface area contributed by atoms with Crippen LogP contribution in [0, 0.1) is 6.92 Å². The number of urea groups is 1. The standard InChI is InChI=1S/C17H22N4O2/c1-10(2)21-11(3)9-16(20-21)19-17(23)18-14-8-7-13-12(14)5-4-6-15(13)22/h4-6,9-10,14,22H,7-8H2,1-3H3,(H2,18,19,20,23). The number of hydrogen-bond acceptors (Lipinski definition) is 3. The van der Waals surface area contributed by atoms with E-state index in [4.69, 9.17) is 0 Å². The molecule has 0 radical (unpaired) electrons. The van der Waals surface area contributed by atoms with Gasteiger partial charge >= 0.3 is 6.03 Å². The van der Waals surface area contributed by atoms with Gasteiger partial charge in [-0.3, -0.25) is 10.00 Å². The number of carbonyl (C=O) groups is 1. The Hall–Kier alpha value is -2.50. The number of aromatic nitrogens is 2. The van der Waals surface area contributed by atoms with E-state index in [2.05, 4.69) is 15.7 Å². The molecule has 0 bridgehead atoms. The molecule has 2 amide bonds. The summed E-state index contributed by atoms with van der Waals surface area (Å²) in [5.41, 5.74) is 2.92. The van der Waals surface area contributed by atoms with Crippen LogP contribution in [0.4, 0.5) is 10.6 Å². The quantitative estimate of drug-likeness (QED) is 0.813. The first kappa shape index (κ1) is 15.4. The van der Waals surface area contributed by atoms with E-state index in [1.165, 1.54) is 0 Å². The number of aryl methyl sites for hydroxylation is 1. The highest BCUT2D eigenvalue weighted by Crippen LogP contribution is 2.36. The lowest BCUT2D eigenvalue weighted by Gasteiger charge is -2.14. The molecule has 1 aliphatic carbocycles. The van der Waals surface area contributed by atoms with Crippen LogP contribution in [0.3, 0.4) is 0 Å². The maximum absolute atomic E-state index is 12.2. The van der Waals surface area contributed by atoms with Crippen molar-refractivity contribution in [3.05, 3.63) is 41.1 Å². The van der Waals surface area contributed by atoms with Gasteiger partial charge in [0.15, 0.2) is 5.82 Å². The first-order valence-corrected chi connectivity index (χ1v) is 7.90. The summed E-state index contributed by atoms with van der Waals surface area (Å²) in [6, 6.07) is 7.18. The Kier molecular flexibility index (Phi) is 3.98. The third-order valence-corrected chi connectivity index (χ3v) is 4.20. The van der Waals surface area contributed by atoms with Crippen molar-refractivity contribution in [3.8, 4) is 5.75 Å². The lowest BCUT2D eigenvalue weighted by Crippen LogP contribution is -2.31. The number of aromatic hydroxyl groups is 1. The fourth-order valence-electron chi connectivity index (χ4n) is 3.17. The number of phenolic OH excluding ortho intramolecular Hbond substituents is 1. The highest BCUT2D eigenvalue weighted by molar-refractivity contribution is 5.88. The van der Waals surface area contributed by atoms with Crippen LogP contribution in [0.5, 0.6) is 5.75 Å². The first-order valence-electron chi connectivity index (χ1n) is 7.90. The molecule has 1 heterocycles. The SMILES string of the molecule is Cc1cc(NC(=O)NC2CCc3c(O)cccc32)nn1C(C)C. The maximum Gasteiger partial charge on any atom is 0.320 e. The van der Waals surface area contributed by atoms with E-state index in [9.17, 15) is 9.90 Å². The molecule has 0 aliphatic heterocycles. The molecule has 0 fully saturated rings. The Balaban J connectivity index is 1.67. The fraction of sp³-hybridized carbons (Fsp3) is 0.412. The largest absolute Gasteiger partial charge is 0.508 e. The predicted molar refractivity (Wildman–Crippen MR) is 88.7 cm³/mol. The second-order valence-electron chi connectivity index (χ2n) is 6.24. The Morgan fingerprint density at radius 1 is 1.43 bits per heavy atom. The molecule has 6 nitrogen and oxygen atoms in total. The van der Waals surface area contributed by atoms with E-state index in [1.807, 2.05) is 37.6 Å².